The lowest BCUT2D eigenvalue weighted by Gasteiger charge is -2.11. The maximum absolute atomic E-state index is 11.6. The minimum Gasteiger partial charge on any atom is -0.316 e. The third-order valence-electron chi connectivity index (χ3n) is 1.99. The van der Waals surface area contributed by atoms with E-state index in [1.54, 1.807) is 12.1 Å². The van der Waals surface area contributed by atoms with Crippen molar-refractivity contribution in [3.8, 4) is 12.1 Å². The Balaban J connectivity index is 2.76. The van der Waals surface area contributed by atoms with E-state index in [9.17, 15) is 4.79 Å². The first kappa shape index (κ1) is 14.8. The summed E-state index contributed by atoms with van der Waals surface area (Å²) in [4.78, 5) is 11.6. The van der Waals surface area contributed by atoms with Crippen LogP contribution >= 0.6 is 23.2 Å². The van der Waals surface area contributed by atoms with Gasteiger partial charge < -0.3 is 10.6 Å². The molecule has 19 heavy (non-hydrogen) atoms. The molecule has 0 bridgehead atoms. The van der Waals surface area contributed by atoms with Crippen LogP contribution in [0.4, 0.5) is 10.5 Å². The highest BCUT2D eigenvalue weighted by atomic mass is 35.5. The molecule has 0 aromatic heterocycles. The highest BCUT2D eigenvalue weighted by molar-refractivity contribution is 6.35. The van der Waals surface area contributed by atoms with Gasteiger partial charge in [-0.25, -0.2) is 4.79 Å². The number of halogens is 2. The Kier molecular flexibility index (Phi) is 5.13. The molecule has 1 aromatic carbocycles. The van der Waals surface area contributed by atoms with Crippen LogP contribution in [0.15, 0.2) is 18.2 Å². The summed E-state index contributed by atoms with van der Waals surface area (Å²) in [5.41, 5.74) is -0.304. The zero-order valence-corrected chi connectivity index (χ0v) is 10.9. The molecule has 0 radical (unpaired) electrons. The number of nitriles is 2. The van der Waals surface area contributed by atoms with Crippen molar-refractivity contribution in [3.63, 3.8) is 0 Å². The van der Waals surface area contributed by atoms with Crippen LogP contribution in [0.25, 0.3) is 0 Å². The summed E-state index contributed by atoms with van der Waals surface area (Å²) in [5.74, 6) is 0. The predicted octanol–water partition coefficient (Wildman–Crippen LogP) is 2.55. The Morgan fingerprint density at radius 3 is 2.63 bits per heavy atom. The summed E-state index contributed by atoms with van der Waals surface area (Å²) in [6.07, 6.45) is 0. The zero-order valence-electron chi connectivity index (χ0n) is 9.37. The van der Waals surface area contributed by atoms with E-state index < -0.39 is 17.8 Å². The molecule has 0 saturated heterocycles. The smallest absolute Gasteiger partial charge is 0.316 e. The Labute approximate surface area is 119 Å². The molecule has 96 valence electrons. The van der Waals surface area contributed by atoms with Gasteiger partial charge in [-0.2, -0.15) is 10.5 Å². The third-order valence-corrected chi connectivity index (χ3v) is 2.55. The molecule has 1 unspecified atom stereocenters. The van der Waals surface area contributed by atoms with E-state index in [4.69, 9.17) is 39.1 Å². The Hall–Kier alpha value is -2.28. The molecule has 0 saturated carbocycles. The molecule has 0 aliphatic carbocycles. The Bertz CT molecular complexity index is 602. The lowest BCUT2D eigenvalue weighted by atomic mass is 10.2. The number of urea groups is 1. The molecular formula is C11H7Cl2N5O. The lowest BCUT2D eigenvalue weighted by molar-refractivity contribution is 0.252. The standard InChI is InChI=1S/C11H7Cl2N5O/c12-6-1-2-7(13)9(3-6)17-11(19)18-10(5-15)8(16)4-14/h1-3,10,16H,(H2,17,18,19). The number of nitrogens with zero attached hydrogens (tertiary/aromatic N) is 2. The van der Waals surface area contributed by atoms with Crippen LogP contribution in [-0.2, 0) is 0 Å². The summed E-state index contributed by atoms with van der Waals surface area (Å²) in [7, 11) is 0. The number of carbonyl (C=O) groups is 1. The molecule has 2 amide bonds. The van der Waals surface area contributed by atoms with Crippen LogP contribution < -0.4 is 10.6 Å². The van der Waals surface area contributed by atoms with Gasteiger partial charge >= 0.3 is 6.03 Å². The van der Waals surface area contributed by atoms with Crippen LogP contribution in [0, 0.1) is 28.1 Å². The van der Waals surface area contributed by atoms with E-state index in [2.05, 4.69) is 10.6 Å². The summed E-state index contributed by atoms with van der Waals surface area (Å²) >= 11 is 11.6. The van der Waals surface area contributed by atoms with Crippen molar-refractivity contribution in [2.75, 3.05) is 5.32 Å². The fraction of sp³-hybridized carbons (Fsp3) is 0.0909. The fourth-order valence-corrected chi connectivity index (χ4v) is 1.45. The van der Waals surface area contributed by atoms with Crippen molar-refractivity contribution in [2.24, 2.45) is 0 Å². The number of hydrogen-bond donors (Lipinski definition) is 3. The van der Waals surface area contributed by atoms with Gasteiger partial charge in [-0.1, -0.05) is 23.2 Å². The topological polar surface area (TPSA) is 113 Å². The van der Waals surface area contributed by atoms with Gasteiger partial charge in [0.05, 0.1) is 16.8 Å². The molecule has 0 heterocycles. The largest absolute Gasteiger partial charge is 0.320 e. The SMILES string of the molecule is N#CC(=N)C(C#N)NC(=O)Nc1cc(Cl)ccc1Cl. The van der Waals surface area contributed by atoms with Gasteiger partial charge in [0.2, 0.25) is 0 Å². The molecule has 0 aliphatic rings. The van der Waals surface area contributed by atoms with Crippen LogP contribution in [0.5, 0.6) is 0 Å². The maximum atomic E-state index is 11.6. The summed E-state index contributed by atoms with van der Waals surface area (Å²) in [6.45, 7) is 0. The number of hydrogen-bond acceptors (Lipinski definition) is 4. The van der Waals surface area contributed by atoms with Gasteiger partial charge in [-0.3, -0.25) is 5.41 Å². The number of rotatable bonds is 3. The Morgan fingerprint density at radius 2 is 2.05 bits per heavy atom. The van der Waals surface area contributed by atoms with E-state index in [0.29, 0.717) is 5.02 Å². The highest BCUT2D eigenvalue weighted by Crippen LogP contribution is 2.25. The van der Waals surface area contributed by atoms with Gasteiger partial charge in [0, 0.05) is 5.02 Å². The number of amides is 2. The van der Waals surface area contributed by atoms with Gasteiger partial charge in [0.25, 0.3) is 0 Å². The average molecular weight is 296 g/mol. The molecule has 0 aliphatic heterocycles. The normalized spacial score (nSPS) is 10.7. The second-order valence-corrected chi connectivity index (χ2v) is 4.15. The molecule has 3 N–H and O–H groups in total. The van der Waals surface area contributed by atoms with Crippen molar-refractivity contribution in [3.05, 3.63) is 28.2 Å². The first-order chi connectivity index (χ1) is 8.97. The van der Waals surface area contributed by atoms with Crippen molar-refractivity contribution in [1.82, 2.24) is 5.32 Å². The predicted molar refractivity (Wildman–Crippen MR) is 71.4 cm³/mol. The van der Waals surface area contributed by atoms with Crippen molar-refractivity contribution < 1.29 is 4.79 Å². The third kappa shape index (κ3) is 4.14. The molecule has 1 aromatic rings. The molecule has 0 spiro atoms. The summed E-state index contributed by atoms with van der Waals surface area (Å²) in [5, 5.41) is 29.5. The van der Waals surface area contributed by atoms with Crippen molar-refractivity contribution in [1.29, 1.82) is 15.9 Å². The first-order valence-electron chi connectivity index (χ1n) is 4.88. The number of nitrogens with one attached hydrogen (secondary N) is 3. The summed E-state index contributed by atoms with van der Waals surface area (Å²) < 4.78 is 0. The van der Waals surface area contributed by atoms with Crippen LogP contribution in [0.3, 0.4) is 0 Å². The van der Waals surface area contributed by atoms with E-state index in [0.717, 1.165) is 0 Å². The first-order valence-corrected chi connectivity index (χ1v) is 5.64. The monoisotopic (exact) mass is 295 g/mol. The molecule has 1 atom stereocenters. The number of benzene rings is 1. The maximum Gasteiger partial charge on any atom is 0.320 e. The number of carbonyl (C=O) groups excluding carboxylic acids is 1. The quantitative estimate of drug-likeness (QED) is 0.745. The van der Waals surface area contributed by atoms with Gasteiger partial charge in [0.1, 0.15) is 11.8 Å². The fourth-order valence-electron chi connectivity index (χ4n) is 1.12. The van der Waals surface area contributed by atoms with E-state index >= 15 is 0 Å². The molecular weight excluding hydrogens is 289 g/mol. The van der Waals surface area contributed by atoms with Gasteiger partial charge in [-0.15, -0.1) is 0 Å². The minimum absolute atomic E-state index is 0.256. The van der Waals surface area contributed by atoms with Gasteiger partial charge in [0.15, 0.2) is 6.04 Å². The van der Waals surface area contributed by atoms with Crippen molar-refractivity contribution >= 4 is 40.6 Å². The Morgan fingerprint density at radius 1 is 1.37 bits per heavy atom. The lowest BCUT2D eigenvalue weighted by Crippen LogP contribution is -2.41. The van der Waals surface area contributed by atoms with E-state index in [1.807, 2.05) is 0 Å². The van der Waals surface area contributed by atoms with Crippen LogP contribution in [0.2, 0.25) is 10.0 Å². The highest BCUT2D eigenvalue weighted by Gasteiger charge is 2.17. The minimum atomic E-state index is -1.32. The summed E-state index contributed by atoms with van der Waals surface area (Å²) in [6, 6.07) is 5.49. The number of anilines is 1. The average Bonchev–Trinajstić information content (AvgIpc) is 2.39. The molecule has 6 nitrogen and oxygen atoms in total. The zero-order chi connectivity index (χ0) is 14.4. The van der Waals surface area contributed by atoms with E-state index in [1.165, 1.54) is 18.2 Å². The van der Waals surface area contributed by atoms with Crippen molar-refractivity contribution in [2.45, 2.75) is 6.04 Å². The van der Waals surface area contributed by atoms with E-state index in [-0.39, 0.29) is 10.7 Å². The molecule has 1 rings (SSSR count). The van der Waals surface area contributed by atoms with Gasteiger partial charge in [-0.05, 0) is 18.2 Å². The van der Waals surface area contributed by atoms with Crippen LogP contribution in [0.1, 0.15) is 0 Å². The second-order valence-electron chi connectivity index (χ2n) is 3.31. The molecule has 0 fully saturated rings. The second kappa shape index (κ2) is 6.60. The molecule has 8 heteroatoms. The van der Waals surface area contributed by atoms with Crippen LogP contribution in [-0.4, -0.2) is 17.8 Å².